The van der Waals surface area contributed by atoms with E-state index < -0.39 is 0 Å². The molecule has 2 heteroatoms. The zero-order valence-electron chi connectivity index (χ0n) is 16.9. The Kier molecular flexibility index (Phi) is 5.94. The molecular formula is C25H30O2. The van der Waals surface area contributed by atoms with Gasteiger partial charge in [-0.05, 0) is 49.0 Å². The molecular weight excluding hydrogens is 332 g/mol. The molecule has 1 fully saturated rings. The molecule has 2 nitrogen and oxygen atoms in total. The third-order valence-corrected chi connectivity index (χ3v) is 6.15. The third-order valence-electron chi connectivity index (χ3n) is 6.15. The van der Waals surface area contributed by atoms with Gasteiger partial charge >= 0.3 is 0 Å². The molecule has 0 heterocycles. The number of ketones is 2. The monoisotopic (exact) mass is 362 g/mol. The van der Waals surface area contributed by atoms with E-state index in [1.807, 2.05) is 42.5 Å². The lowest BCUT2D eigenvalue weighted by Gasteiger charge is -2.38. The third kappa shape index (κ3) is 4.05. The predicted molar refractivity (Wildman–Crippen MR) is 110 cm³/mol. The Balaban J connectivity index is 2.11. The van der Waals surface area contributed by atoms with Crippen LogP contribution in [0.3, 0.4) is 0 Å². The lowest BCUT2D eigenvalue weighted by molar-refractivity contribution is 0.0986. The van der Waals surface area contributed by atoms with Crippen LogP contribution in [0.5, 0.6) is 0 Å². The number of hydrogen-bond donors (Lipinski definition) is 0. The van der Waals surface area contributed by atoms with Crippen LogP contribution in [0.25, 0.3) is 0 Å². The fourth-order valence-corrected chi connectivity index (χ4v) is 4.77. The van der Waals surface area contributed by atoms with Crippen LogP contribution in [-0.2, 0) is 0 Å². The first kappa shape index (κ1) is 19.5. The second-order valence-electron chi connectivity index (χ2n) is 8.45. The van der Waals surface area contributed by atoms with Crippen molar-refractivity contribution < 1.29 is 9.59 Å². The molecule has 142 valence electrons. The summed E-state index contributed by atoms with van der Waals surface area (Å²) in [6.07, 6.45) is 3.53. The minimum absolute atomic E-state index is 0.00869. The van der Waals surface area contributed by atoms with E-state index in [0.717, 1.165) is 12.0 Å². The Hall–Kier alpha value is -2.22. The summed E-state index contributed by atoms with van der Waals surface area (Å²) in [5.41, 5.74) is 2.90. The van der Waals surface area contributed by atoms with Crippen molar-refractivity contribution in [1.29, 1.82) is 0 Å². The van der Waals surface area contributed by atoms with Crippen molar-refractivity contribution in [1.82, 2.24) is 0 Å². The SMILES string of the molecule is CC(=O)c1c(C(=O)c2ccccc2)cccc1C1CC(C)CCC1C(C)C. The van der Waals surface area contributed by atoms with Gasteiger partial charge in [0.1, 0.15) is 0 Å². The fourth-order valence-electron chi connectivity index (χ4n) is 4.77. The van der Waals surface area contributed by atoms with E-state index in [0.29, 0.717) is 40.4 Å². The van der Waals surface area contributed by atoms with Gasteiger partial charge in [0.15, 0.2) is 11.6 Å². The zero-order valence-corrected chi connectivity index (χ0v) is 16.9. The molecule has 3 unspecified atom stereocenters. The predicted octanol–water partition coefficient (Wildman–Crippen LogP) is 6.30. The summed E-state index contributed by atoms with van der Waals surface area (Å²) in [5, 5.41) is 0. The number of carbonyl (C=O) groups excluding carboxylic acids is 2. The molecule has 0 bridgehead atoms. The van der Waals surface area contributed by atoms with Crippen molar-refractivity contribution in [3.05, 3.63) is 70.8 Å². The number of carbonyl (C=O) groups is 2. The largest absolute Gasteiger partial charge is 0.294 e. The summed E-state index contributed by atoms with van der Waals surface area (Å²) >= 11 is 0. The first-order valence-electron chi connectivity index (χ1n) is 10.1. The summed E-state index contributed by atoms with van der Waals surface area (Å²) in [6, 6.07) is 15.1. The number of hydrogen-bond acceptors (Lipinski definition) is 2. The highest BCUT2D eigenvalue weighted by Gasteiger charge is 2.34. The Labute approximate surface area is 163 Å². The van der Waals surface area contributed by atoms with Crippen LogP contribution in [0.15, 0.2) is 48.5 Å². The molecule has 0 radical (unpaired) electrons. The minimum atomic E-state index is -0.0624. The minimum Gasteiger partial charge on any atom is -0.294 e. The lowest BCUT2D eigenvalue weighted by Crippen LogP contribution is -2.28. The quantitative estimate of drug-likeness (QED) is 0.585. The Morgan fingerprint density at radius 2 is 1.67 bits per heavy atom. The normalized spacial score (nSPS) is 22.6. The summed E-state index contributed by atoms with van der Waals surface area (Å²) in [4.78, 5) is 25.8. The number of rotatable bonds is 5. The second kappa shape index (κ2) is 8.21. The molecule has 0 aromatic heterocycles. The van der Waals surface area contributed by atoms with E-state index in [1.165, 1.54) is 12.8 Å². The lowest BCUT2D eigenvalue weighted by atomic mass is 9.66. The molecule has 2 aromatic carbocycles. The standard InChI is InChI=1S/C25H30O2/c1-16(2)20-14-13-17(3)15-23(20)21-11-8-12-22(24(21)18(4)26)25(27)19-9-6-5-7-10-19/h5-12,16-17,20,23H,13-15H2,1-4H3. The van der Waals surface area contributed by atoms with E-state index in [2.05, 4.69) is 26.8 Å². The topological polar surface area (TPSA) is 34.1 Å². The van der Waals surface area contributed by atoms with Crippen LogP contribution < -0.4 is 0 Å². The maximum Gasteiger partial charge on any atom is 0.193 e. The highest BCUT2D eigenvalue weighted by molar-refractivity contribution is 6.15. The summed E-state index contributed by atoms with van der Waals surface area (Å²) in [5.74, 6) is 2.05. The van der Waals surface area contributed by atoms with Crippen LogP contribution in [0, 0.1) is 17.8 Å². The van der Waals surface area contributed by atoms with Crippen molar-refractivity contribution in [3.8, 4) is 0 Å². The van der Waals surface area contributed by atoms with Crippen LogP contribution in [0.2, 0.25) is 0 Å². The van der Waals surface area contributed by atoms with Crippen LogP contribution >= 0.6 is 0 Å². The van der Waals surface area contributed by atoms with Gasteiger partial charge in [-0.3, -0.25) is 9.59 Å². The van der Waals surface area contributed by atoms with Gasteiger partial charge in [0.05, 0.1) is 0 Å². The highest BCUT2D eigenvalue weighted by Crippen LogP contribution is 2.45. The van der Waals surface area contributed by atoms with E-state index in [1.54, 1.807) is 6.92 Å². The molecule has 1 aliphatic carbocycles. The van der Waals surface area contributed by atoms with E-state index in [4.69, 9.17) is 0 Å². The maximum atomic E-state index is 13.1. The van der Waals surface area contributed by atoms with Gasteiger partial charge in [0.25, 0.3) is 0 Å². The highest BCUT2D eigenvalue weighted by atomic mass is 16.1. The van der Waals surface area contributed by atoms with Gasteiger partial charge < -0.3 is 0 Å². The Morgan fingerprint density at radius 3 is 2.30 bits per heavy atom. The van der Waals surface area contributed by atoms with E-state index >= 15 is 0 Å². The van der Waals surface area contributed by atoms with Crippen LogP contribution in [0.1, 0.15) is 84.7 Å². The summed E-state index contributed by atoms with van der Waals surface area (Å²) in [7, 11) is 0. The molecule has 1 saturated carbocycles. The van der Waals surface area contributed by atoms with Crippen molar-refractivity contribution in [2.24, 2.45) is 17.8 Å². The average molecular weight is 363 g/mol. The maximum absolute atomic E-state index is 13.1. The Morgan fingerprint density at radius 1 is 0.963 bits per heavy atom. The van der Waals surface area contributed by atoms with E-state index in [-0.39, 0.29) is 11.6 Å². The van der Waals surface area contributed by atoms with Crippen molar-refractivity contribution in [2.75, 3.05) is 0 Å². The summed E-state index contributed by atoms with van der Waals surface area (Å²) < 4.78 is 0. The van der Waals surface area contributed by atoms with E-state index in [9.17, 15) is 9.59 Å². The fraction of sp³-hybridized carbons (Fsp3) is 0.440. The average Bonchev–Trinajstić information content (AvgIpc) is 2.67. The zero-order chi connectivity index (χ0) is 19.6. The number of benzene rings is 2. The van der Waals surface area contributed by atoms with Gasteiger partial charge in [0.2, 0.25) is 0 Å². The smallest absolute Gasteiger partial charge is 0.193 e. The van der Waals surface area contributed by atoms with Gasteiger partial charge in [-0.25, -0.2) is 0 Å². The molecule has 0 amide bonds. The molecule has 2 aromatic rings. The van der Waals surface area contributed by atoms with Crippen molar-refractivity contribution in [3.63, 3.8) is 0 Å². The van der Waals surface area contributed by atoms with Gasteiger partial charge in [-0.2, -0.15) is 0 Å². The van der Waals surface area contributed by atoms with Gasteiger partial charge in [-0.1, -0.05) is 75.7 Å². The van der Waals surface area contributed by atoms with Crippen molar-refractivity contribution in [2.45, 2.75) is 52.9 Å². The first-order chi connectivity index (χ1) is 12.9. The molecule has 0 N–H and O–H groups in total. The molecule has 3 rings (SSSR count). The molecule has 27 heavy (non-hydrogen) atoms. The second-order valence-corrected chi connectivity index (χ2v) is 8.45. The van der Waals surface area contributed by atoms with Gasteiger partial charge in [0, 0.05) is 16.7 Å². The summed E-state index contributed by atoms with van der Waals surface area (Å²) in [6.45, 7) is 8.45. The van der Waals surface area contributed by atoms with Crippen LogP contribution in [-0.4, -0.2) is 11.6 Å². The molecule has 0 spiro atoms. The molecule has 1 aliphatic rings. The number of Topliss-reactive ketones (excluding diaryl/α,β-unsaturated/α-hetero) is 1. The first-order valence-corrected chi connectivity index (χ1v) is 10.1. The Bertz CT molecular complexity index is 819. The molecule has 3 atom stereocenters. The molecule has 0 saturated heterocycles. The molecule has 0 aliphatic heterocycles. The van der Waals surface area contributed by atoms with Crippen LogP contribution in [0.4, 0.5) is 0 Å². The van der Waals surface area contributed by atoms with Gasteiger partial charge in [-0.15, -0.1) is 0 Å². The van der Waals surface area contributed by atoms with Crippen molar-refractivity contribution >= 4 is 11.6 Å².